The summed E-state index contributed by atoms with van der Waals surface area (Å²) in [5.41, 5.74) is 5.57. The molecule has 0 heterocycles. The maximum Gasteiger partial charge on any atom is 0.304 e. The van der Waals surface area contributed by atoms with Crippen LogP contribution in [0.3, 0.4) is 0 Å². The van der Waals surface area contributed by atoms with Crippen molar-refractivity contribution in [3.63, 3.8) is 0 Å². The molecule has 3 aliphatic rings. The number of ketones is 1. The number of rotatable bonds is 5. The van der Waals surface area contributed by atoms with E-state index in [9.17, 15) is 14.4 Å². The molecule has 3 fully saturated rings. The van der Waals surface area contributed by atoms with E-state index < -0.39 is 5.97 Å². The first-order valence-corrected chi connectivity index (χ1v) is 10.2. The molecule has 0 aromatic carbocycles. The maximum absolute atomic E-state index is 12.6. The van der Waals surface area contributed by atoms with E-state index in [4.69, 9.17) is 16.2 Å². The van der Waals surface area contributed by atoms with Crippen molar-refractivity contribution in [3.05, 3.63) is 0 Å². The average Bonchev–Trinajstić information content (AvgIpc) is 2.64. The molecule has 0 aliphatic heterocycles. The summed E-state index contributed by atoms with van der Waals surface area (Å²) in [6, 6.07) is 0.119. The lowest BCUT2D eigenvalue weighted by molar-refractivity contribution is -0.144. The largest absolute Gasteiger partial charge is 0.481 e. The highest BCUT2D eigenvalue weighted by Gasteiger charge is 2.42. The summed E-state index contributed by atoms with van der Waals surface area (Å²) in [6.07, 6.45) is 7.03. The van der Waals surface area contributed by atoms with E-state index in [2.05, 4.69) is 5.32 Å². The number of nitrogens with one attached hydrogen (secondary N) is 2. The van der Waals surface area contributed by atoms with Crippen molar-refractivity contribution in [2.24, 2.45) is 35.3 Å². The molecule has 0 radical (unpaired) electrons. The SMILES string of the molecule is N=C(N)C1CCC(C(=O)NC2CCC3C(=O)C(CC(=O)O)CCC3C2)CC1. The minimum atomic E-state index is -0.896. The first-order valence-electron chi connectivity index (χ1n) is 10.2. The van der Waals surface area contributed by atoms with Gasteiger partial charge in [0.05, 0.1) is 12.3 Å². The second kappa shape index (κ2) is 8.40. The molecule has 5 N–H and O–H groups in total. The number of aliphatic carboxylic acids is 1. The van der Waals surface area contributed by atoms with Crippen molar-refractivity contribution in [1.29, 1.82) is 5.41 Å². The van der Waals surface area contributed by atoms with E-state index in [0.29, 0.717) is 6.42 Å². The van der Waals surface area contributed by atoms with Crippen LogP contribution in [0.25, 0.3) is 0 Å². The summed E-state index contributed by atoms with van der Waals surface area (Å²) in [4.78, 5) is 36.1. The molecule has 0 spiro atoms. The molecule has 0 aromatic heterocycles. The van der Waals surface area contributed by atoms with E-state index in [1.807, 2.05) is 0 Å². The molecular weight excluding hydrogens is 346 g/mol. The quantitative estimate of drug-likeness (QED) is 0.430. The minimum absolute atomic E-state index is 0.00579. The molecule has 150 valence electrons. The second-order valence-electron chi connectivity index (χ2n) is 8.66. The van der Waals surface area contributed by atoms with Crippen LogP contribution in [0.2, 0.25) is 0 Å². The monoisotopic (exact) mass is 377 g/mol. The van der Waals surface area contributed by atoms with E-state index in [1.165, 1.54) is 0 Å². The molecule has 1 amide bonds. The second-order valence-corrected chi connectivity index (χ2v) is 8.66. The van der Waals surface area contributed by atoms with Crippen LogP contribution < -0.4 is 11.1 Å². The Morgan fingerprint density at radius 1 is 1.04 bits per heavy atom. The molecule has 0 bridgehead atoms. The Morgan fingerprint density at radius 2 is 1.70 bits per heavy atom. The molecule has 3 saturated carbocycles. The van der Waals surface area contributed by atoms with Crippen LogP contribution >= 0.6 is 0 Å². The van der Waals surface area contributed by atoms with E-state index in [-0.39, 0.29) is 59.6 Å². The van der Waals surface area contributed by atoms with Gasteiger partial charge in [0.25, 0.3) is 0 Å². The number of hydrogen-bond donors (Lipinski definition) is 4. The maximum atomic E-state index is 12.6. The lowest BCUT2D eigenvalue weighted by atomic mass is 9.65. The summed E-state index contributed by atoms with van der Waals surface area (Å²) in [5.74, 6) is -0.388. The number of hydrogen-bond acceptors (Lipinski definition) is 4. The van der Waals surface area contributed by atoms with Crippen molar-refractivity contribution < 1.29 is 19.5 Å². The topological polar surface area (TPSA) is 133 Å². The van der Waals surface area contributed by atoms with Gasteiger partial charge in [-0.25, -0.2) is 0 Å². The van der Waals surface area contributed by atoms with Crippen LogP contribution in [0.5, 0.6) is 0 Å². The molecule has 3 rings (SSSR count). The van der Waals surface area contributed by atoms with Crippen LogP contribution in [-0.4, -0.2) is 34.6 Å². The summed E-state index contributed by atoms with van der Waals surface area (Å²) < 4.78 is 0. The lowest BCUT2D eigenvalue weighted by Crippen LogP contribution is -2.47. The summed E-state index contributed by atoms with van der Waals surface area (Å²) in [6.45, 7) is 0. The Morgan fingerprint density at radius 3 is 2.33 bits per heavy atom. The van der Waals surface area contributed by atoms with Crippen molar-refractivity contribution >= 4 is 23.5 Å². The predicted molar refractivity (Wildman–Crippen MR) is 100 cm³/mol. The fourth-order valence-corrected chi connectivity index (χ4v) is 5.35. The molecule has 27 heavy (non-hydrogen) atoms. The molecule has 4 atom stereocenters. The Kier molecular flexibility index (Phi) is 6.17. The van der Waals surface area contributed by atoms with E-state index in [1.54, 1.807) is 0 Å². The Labute approximate surface area is 160 Å². The third kappa shape index (κ3) is 4.68. The zero-order chi connectivity index (χ0) is 19.6. The number of amidine groups is 1. The Bertz CT molecular complexity index is 612. The van der Waals surface area contributed by atoms with E-state index in [0.717, 1.165) is 51.4 Å². The van der Waals surface area contributed by atoms with Gasteiger partial charge in [-0.2, -0.15) is 0 Å². The third-order valence-electron chi connectivity index (χ3n) is 6.94. The number of carbonyl (C=O) groups excluding carboxylic acids is 2. The van der Waals surface area contributed by atoms with Gasteiger partial charge in [0, 0.05) is 29.7 Å². The summed E-state index contributed by atoms with van der Waals surface area (Å²) in [5, 5.41) is 19.7. The van der Waals surface area contributed by atoms with Crippen molar-refractivity contribution in [3.8, 4) is 0 Å². The first-order chi connectivity index (χ1) is 12.8. The fraction of sp³-hybridized carbons (Fsp3) is 0.800. The zero-order valence-electron chi connectivity index (χ0n) is 15.8. The number of amides is 1. The van der Waals surface area contributed by atoms with Crippen LogP contribution in [-0.2, 0) is 14.4 Å². The van der Waals surface area contributed by atoms with Gasteiger partial charge in [-0.15, -0.1) is 0 Å². The van der Waals surface area contributed by atoms with Crippen LogP contribution in [0.4, 0.5) is 0 Å². The van der Waals surface area contributed by atoms with Gasteiger partial charge in [-0.1, -0.05) is 0 Å². The van der Waals surface area contributed by atoms with Crippen molar-refractivity contribution in [1.82, 2.24) is 5.32 Å². The smallest absolute Gasteiger partial charge is 0.304 e. The molecule has 7 heteroatoms. The predicted octanol–water partition coefficient (Wildman–Crippen LogP) is 2.08. The van der Waals surface area contributed by atoms with Gasteiger partial charge in [0.2, 0.25) is 5.91 Å². The zero-order valence-corrected chi connectivity index (χ0v) is 15.8. The van der Waals surface area contributed by atoms with E-state index >= 15 is 0 Å². The van der Waals surface area contributed by atoms with Gasteiger partial charge in [-0.3, -0.25) is 19.8 Å². The normalized spacial score (nSPS) is 36.5. The Balaban J connectivity index is 1.48. The molecule has 0 aromatic rings. The standard InChI is InChI=1S/C20H31N3O4/c21-19(22)11-1-3-12(4-2-11)20(27)23-15-7-8-16-13(9-15)5-6-14(18(16)26)10-17(24)25/h11-16H,1-10H2,(H3,21,22)(H,23,27)(H,24,25). The number of fused-ring (bicyclic) bond motifs is 1. The van der Waals surface area contributed by atoms with Gasteiger partial charge in [0.15, 0.2) is 0 Å². The fourth-order valence-electron chi connectivity index (χ4n) is 5.35. The number of carbonyl (C=O) groups is 3. The molecule has 3 aliphatic carbocycles. The summed E-state index contributed by atoms with van der Waals surface area (Å²) in [7, 11) is 0. The van der Waals surface area contributed by atoms with Crippen molar-refractivity contribution in [2.75, 3.05) is 0 Å². The third-order valence-corrected chi connectivity index (χ3v) is 6.94. The molecule has 0 saturated heterocycles. The highest BCUT2D eigenvalue weighted by molar-refractivity contribution is 5.88. The number of carboxylic acids is 1. The van der Waals surface area contributed by atoms with Crippen LogP contribution in [0.1, 0.15) is 64.2 Å². The minimum Gasteiger partial charge on any atom is -0.481 e. The van der Waals surface area contributed by atoms with Gasteiger partial charge < -0.3 is 16.2 Å². The van der Waals surface area contributed by atoms with Gasteiger partial charge in [-0.05, 0) is 63.7 Å². The molecule has 7 nitrogen and oxygen atoms in total. The van der Waals surface area contributed by atoms with Crippen molar-refractivity contribution in [2.45, 2.75) is 70.3 Å². The highest BCUT2D eigenvalue weighted by atomic mass is 16.4. The number of nitrogens with two attached hydrogens (primary N) is 1. The van der Waals surface area contributed by atoms with Gasteiger partial charge in [0.1, 0.15) is 5.78 Å². The lowest BCUT2D eigenvalue weighted by Gasteiger charge is -2.41. The van der Waals surface area contributed by atoms with Gasteiger partial charge >= 0.3 is 5.97 Å². The first kappa shape index (κ1) is 19.8. The van der Waals surface area contributed by atoms with Crippen LogP contribution in [0, 0.1) is 35.0 Å². The Hall–Kier alpha value is -1.92. The summed E-state index contributed by atoms with van der Waals surface area (Å²) >= 11 is 0. The molecular formula is C20H31N3O4. The average molecular weight is 377 g/mol. The highest BCUT2D eigenvalue weighted by Crippen LogP contribution is 2.42. The molecule has 4 unspecified atom stereocenters. The van der Waals surface area contributed by atoms with Crippen LogP contribution in [0.15, 0.2) is 0 Å². The number of Topliss-reactive ketones (excluding diaryl/α,β-unsaturated/α-hetero) is 1. The number of carboxylic acid groups (broad SMARTS) is 1.